The fraction of sp³-hybridized carbons (Fsp3) is 0.857. The maximum atomic E-state index is 12.5. The number of nitrogens with one attached hydrogen (secondary N) is 4. The molecule has 4 amide bonds. The highest BCUT2D eigenvalue weighted by atomic mass is 16.6. The number of alkyl carbamates (subject to hydrolysis) is 2. The van der Waals surface area contributed by atoms with Gasteiger partial charge in [-0.1, -0.05) is 27.2 Å². The van der Waals surface area contributed by atoms with E-state index in [1.807, 2.05) is 0 Å². The van der Waals surface area contributed by atoms with Crippen LogP contribution in [-0.2, 0) is 19.1 Å². The Morgan fingerprint density at radius 2 is 1.26 bits per heavy atom. The van der Waals surface area contributed by atoms with Crippen LogP contribution < -0.4 is 27.0 Å². The van der Waals surface area contributed by atoms with Crippen molar-refractivity contribution >= 4 is 24.0 Å². The van der Waals surface area contributed by atoms with Gasteiger partial charge in [0, 0.05) is 32.1 Å². The zero-order chi connectivity index (χ0) is 30.3. The fourth-order valence-electron chi connectivity index (χ4n) is 3.52. The van der Waals surface area contributed by atoms with Crippen LogP contribution in [0.15, 0.2) is 0 Å². The third-order valence-electron chi connectivity index (χ3n) is 5.33. The summed E-state index contributed by atoms with van der Waals surface area (Å²) in [5.41, 5.74) is 4.96. The van der Waals surface area contributed by atoms with Crippen LogP contribution in [0.3, 0.4) is 0 Å². The smallest absolute Gasteiger partial charge is 0.407 e. The summed E-state index contributed by atoms with van der Waals surface area (Å²) in [5.74, 6) is -0.428. The predicted octanol–water partition coefficient (Wildman–Crippen LogP) is 3.74. The van der Waals surface area contributed by atoms with Gasteiger partial charge in [0.25, 0.3) is 0 Å². The van der Waals surface area contributed by atoms with Crippen LogP contribution in [0.25, 0.3) is 0 Å². The number of hydrogen-bond donors (Lipinski definition) is 5. The Hall–Kier alpha value is -2.56. The van der Waals surface area contributed by atoms with Crippen molar-refractivity contribution in [2.24, 2.45) is 11.1 Å². The second-order valence-electron chi connectivity index (χ2n) is 13.2. The quantitative estimate of drug-likeness (QED) is 0.192. The molecule has 0 saturated carbocycles. The lowest BCUT2D eigenvalue weighted by Gasteiger charge is -2.23. The van der Waals surface area contributed by atoms with Crippen LogP contribution in [-0.4, -0.2) is 66.9 Å². The fourth-order valence-corrected chi connectivity index (χ4v) is 3.52. The molecule has 0 aromatic heterocycles. The second-order valence-corrected chi connectivity index (χ2v) is 13.2. The molecule has 6 N–H and O–H groups in total. The number of ether oxygens (including phenoxy) is 2. The van der Waals surface area contributed by atoms with Gasteiger partial charge >= 0.3 is 12.2 Å². The summed E-state index contributed by atoms with van der Waals surface area (Å²) in [6.07, 6.45) is 3.33. The number of carbonyl (C=O) groups excluding carboxylic acids is 4. The average molecular weight is 558 g/mol. The van der Waals surface area contributed by atoms with E-state index < -0.39 is 35.5 Å². The van der Waals surface area contributed by atoms with Gasteiger partial charge in [0.05, 0.1) is 6.04 Å². The summed E-state index contributed by atoms with van der Waals surface area (Å²) >= 11 is 0. The number of rotatable bonds is 15. The normalized spacial score (nSPS) is 13.6. The molecule has 0 unspecified atom stereocenters. The van der Waals surface area contributed by atoms with Crippen molar-refractivity contribution in [2.75, 3.05) is 19.6 Å². The van der Waals surface area contributed by atoms with Gasteiger partial charge in [-0.2, -0.15) is 0 Å². The van der Waals surface area contributed by atoms with Crippen molar-refractivity contribution in [1.29, 1.82) is 0 Å². The van der Waals surface area contributed by atoms with E-state index in [1.54, 1.807) is 41.5 Å². The molecule has 0 saturated heterocycles. The molecule has 0 radical (unpaired) electrons. The molecule has 0 aromatic rings. The van der Waals surface area contributed by atoms with Gasteiger partial charge in [-0.25, -0.2) is 9.59 Å². The number of unbranched alkanes of at least 4 members (excludes halogenated alkanes) is 1. The van der Waals surface area contributed by atoms with Crippen LogP contribution in [0.5, 0.6) is 0 Å². The van der Waals surface area contributed by atoms with Crippen molar-refractivity contribution in [2.45, 2.75) is 131 Å². The molecule has 39 heavy (non-hydrogen) atoms. The van der Waals surface area contributed by atoms with Crippen molar-refractivity contribution in [3.63, 3.8) is 0 Å². The number of carbonyl (C=O) groups is 4. The van der Waals surface area contributed by atoms with Crippen LogP contribution in [0.2, 0.25) is 0 Å². The Kier molecular flexibility index (Phi) is 16.1. The van der Waals surface area contributed by atoms with Gasteiger partial charge in [-0.05, 0) is 79.1 Å². The minimum absolute atomic E-state index is 0.0523. The summed E-state index contributed by atoms with van der Waals surface area (Å²) in [6.45, 7) is 18.0. The molecule has 0 aliphatic rings. The van der Waals surface area contributed by atoms with Gasteiger partial charge in [0.1, 0.15) is 11.2 Å². The summed E-state index contributed by atoms with van der Waals surface area (Å²) < 4.78 is 10.5. The van der Waals surface area contributed by atoms with E-state index in [-0.39, 0.29) is 36.7 Å². The zero-order valence-electron chi connectivity index (χ0n) is 25.8. The Balaban J connectivity index is 4.57. The molecule has 228 valence electrons. The van der Waals surface area contributed by atoms with Crippen molar-refractivity contribution < 1.29 is 28.7 Å². The number of hydrogen-bond acceptors (Lipinski definition) is 7. The van der Waals surface area contributed by atoms with E-state index in [0.717, 1.165) is 12.8 Å². The Bertz CT molecular complexity index is 768. The van der Waals surface area contributed by atoms with Crippen LogP contribution >= 0.6 is 0 Å². The summed E-state index contributed by atoms with van der Waals surface area (Å²) in [6, 6.07) is -0.976. The zero-order valence-corrected chi connectivity index (χ0v) is 25.8. The average Bonchev–Trinajstić information content (AvgIpc) is 2.72. The predicted molar refractivity (Wildman–Crippen MR) is 153 cm³/mol. The topological polar surface area (TPSA) is 161 Å². The van der Waals surface area contributed by atoms with Crippen LogP contribution in [0.4, 0.5) is 9.59 Å². The van der Waals surface area contributed by atoms with Gasteiger partial charge in [0.2, 0.25) is 11.8 Å². The highest BCUT2D eigenvalue weighted by Crippen LogP contribution is 2.21. The van der Waals surface area contributed by atoms with Crippen molar-refractivity contribution in [1.82, 2.24) is 21.3 Å². The van der Waals surface area contributed by atoms with Crippen LogP contribution in [0.1, 0.15) is 107 Å². The third kappa shape index (κ3) is 23.1. The largest absolute Gasteiger partial charge is 0.444 e. The maximum Gasteiger partial charge on any atom is 0.407 e. The molecule has 0 fully saturated rings. The van der Waals surface area contributed by atoms with Crippen LogP contribution in [0, 0.1) is 5.41 Å². The lowest BCUT2D eigenvalue weighted by Crippen LogP contribution is -2.43. The molecule has 0 aromatic carbocycles. The minimum Gasteiger partial charge on any atom is -0.444 e. The van der Waals surface area contributed by atoms with E-state index in [0.29, 0.717) is 32.2 Å². The monoisotopic (exact) mass is 557 g/mol. The molecular formula is C28H55N5O6. The molecule has 11 nitrogen and oxygen atoms in total. The number of nitrogens with two attached hydrogens (primary N) is 1. The molecule has 0 rings (SSSR count). The van der Waals surface area contributed by atoms with Crippen molar-refractivity contribution in [3.05, 3.63) is 0 Å². The summed E-state index contributed by atoms with van der Waals surface area (Å²) in [4.78, 5) is 48.7. The van der Waals surface area contributed by atoms with Gasteiger partial charge < -0.3 is 36.5 Å². The van der Waals surface area contributed by atoms with Gasteiger partial charge in [-0.3, -0.25) is 9.59 Å². The molecular weight excluding hydrogens is 502 g/mol. The van der Waals surface area contributed by atoms with E-state index in [4.69, 9.17) is 15.2 Å². The van der Waals surface area contributed by atoms with Crippen molar-refractivity contribution in [3.8, 4) is 0 Å². The Morgan fingerprint density at radius 1 is 0.692 bits per heavy atom. The lowest BCUT2D eigenvalue weighted by molar-refractivity contribution is -0.122. The van der Waals surface area contributed by atoms with E-state index in [2.05, 4.69) is 42.0 Å². The third-order valence-corrected chi connectivity index (χ3v) is 5.33. The first kappa shape index (κ1) is 36.4. The van der Waals surface area contributed by atoms with E-state index in [1.165, 1.54) is 0 Å². The number of amides is 4. The standard InChI is InChI=1S/C28H55N5O6/c1-26(2,3)15-12-14-21(29)23(35)31-16-11-10-13-20(33-25(37)39-28(7,8)9)19-22(34)30-17-18-32-24(36)38-27(4,5)6/h20-21H,10-19,29H2,1-9H3,(H,30,34)(H,31,35)(H,32,36)(H,33,37)/t20-,21-/m0/s1. The molecule has 0 spiro atoms. The summed E-state index contributed by atoms with van der Waals surface area (Å²) in [7, 11) is 0. The highest BCUT2D eigenvalue weighted by molar-refractivity contribution is 5.81. The van der Waals surface area contributed by atoms with E-state index in [9.17, 15) is 19.2 Å². The first-order chi connectivity index (χ1) is 17.8. The molecule has 11 heteroatoms. The molecule has 0 heterocycles. The lowest BCUT2D eigenvalue weighted by atomic mass is 9.89. The Morgan fingerprint density at radius 3 is 1.82 bits per heavy atom. The molecule has 2 atom stereocenters. The highest BCUT2D eigenvalue weighted by Gasteiger charge is 2.22. The SMILES string of the molecule is CC(C)(C)CCC[C@H](N)C(=O)NCCCC[C@@H](CC(=O)NCCNC(=O)OC(C)(C)C)NC(=O)OC(C)(C)C. The first-order valence-electron chi connectivity index (χ1n) is 14.0. The Labute approximate surface area is 235 Å². The van der Waals surface area contributed by atoms with Gasteiger partial charge in [0.15, 0.2) is 0 Å². The molecule has 0 aliphatic heterocycles. The maximum absolute atomic E-state index is 12.5. The summed E-state index contributed by atoms with van der Waals surface area (Å²) in [5, 5.41) is 11.0. The molecule has 0 aliphatic carbocycles. The minimum atomic E-state index is -0.667. The first-order valence-corrected chi connectivity index (χ1v) is 14.0. The molecule has 0 bridgehead atoms. The van der Waals surface area contributed by atoms with Gasteiger partial charge in [-0.15, -0.1) is 0 Å². The van der Waals surface area contributed by atoms with E-state index >= 15 is 0 Å². The second kappa shape index (κ2) is 17.2.